The molecule has 0 radical (unpaired) electrons. The summed E-state index contributed by atoms with van der Waals surface area (Å²) in [5.41, 5.74) is 0. The second-order valence-corrected chi connectivity index (χ2v) is 1.82. The summed E-state index contributed by atoms with van der Waals surface area (Å²) in [5, 5.41) is 20.1. The molecule has 0 aliphatic carbocycles. The van der Waals surface area contributed by atoms with Crippen LogP contribution >= 0.6 is 0 Å². The van der Waals surface area contributed by atoms with Crippen LogP contribution in [0.2, 0.25) is 0 Å². The lowest BCUT2D eigenvalue weighted by Crippen LogP contribution is -2.78. The van der Waals surface area contributed by atoms with Crippen molar-refractivity contribution < 1.29 is 10.8 Å². The second-order valence-electron chi connectivity index (χ2n) is 1.82. The van der Waals surface area contributed by atoms with Crippen LogP contribution in [0.25, 0.3) is 0 Å². The Kier molecular flexibility index (Phi) is 1.71. The van der Waals surface area contributed by atoms with Gasteiger partial charge >= 0.3 is 0 Å². The van der Waals surface area contributed by atoms with Crippen molar-refractivity contribution in [1.82, 2.24) is 0 Å². The lowest BCUT2D eigenvalue weighted by Gasteiger charge is -2.39. The Morgan fingerprint density at radius 2 is 1.57 bits per heavy atom. The van der Waals surface area contributed by atoms with E-state index in [9.17, 15) is 10.4 Å². The predicted molar refractivity (Wildman–Crippen MR) is 25.0 cm³/mol. The fourth-order valence-corrected chi connectivity index (χ4v) is 0. The monoisotopic (exact) mass is 106 g/mol. The smallest absolute Gasteiger partial charge is 0.127 e. The number of rotatable bonds is 1. The quantitative estimate of drug-likeness (QED) is 0.357. The maximum atomic E-state index is 10.1. The van der Waals surface area contributed by atoms with Crippen LogP contribution in [-0.4, -0.2) is 11.0 Å². The minimum atomic E-state index is -1.69. The molecular weight excluding hydrogens is 96.0 g/mol. The largest absolute Gasteiger partial charge is 0.581 e. The molecule has 0 atom stereocenters. The van der Waals surface area contributed by atoms with Gasteiger partial charge in [0.15, 0.2) is 0 Å². The van der Waals surface area contributed by atoms with Crippen LogP contribution in [0.4, 0.5) is 0 Å². The van der Waals surface area contributed by atoms with Crippen LogP contribution in [0.1, 0.15) is 13.8 Å². The summed E-state index contributed by atoms with van der Waals surface area (Å²) in [6, 6.07) is -0.486. The van der Waals surface area contributed by atoms with Gasteiger partial charge in [-0.05, 0) is 13.8 Å². The van der Waals surface area contributed by atoms with E-state index in [1.54, 1.807) is 0 Å². The van der Waals surface area contributed by atoms with E-state index in [2.05, 4.69) is 5.84 Å². The van der Waals surface area contributed by atoms with Gasteiger partial charge in [0.25, 0.3) is 0 Å². The molecule has 0 rings (SSSR count). The van der Waals surface area contributed by atoms with Crippen molar-refractivity contribution in [1.29, 1.82) is 0 Å². The van der Waals surface area contributed by atoms with Gasteiger partial charge in [0.05, 0.1) is 0 Å². The van der Waals surface area contributed by atoms with Gasteiger partial charge < -0.3 is 10.4 Å². The molecular formula is C3H10N2O2. The summed E-state index contributed by atoms with van der Waals surface area (Å²) in [7, 11) is 0. The minimum absolute atomic E-state index is 0.486. The Balaban J connectivity index is 3.54. The fraction of sp³-hybridized carbons (Fsp3) is 1.00. The Bertz CT molecular complexity index is 56.4. The van der Waals surface area contributed by atoms with E-state index in [0.717, 1.165) is 0 Å². The van der Waals surface area contributed by atoms with Crippen LogP contribution in [0.15, 0.2) is 0 Å². The number of hydrogen-bond acceptors (Lipinski definition) is 2. The van der Waals surface area contributed by atoms with Crippen LogP contribution in [-0.2, 0) is 0 Å². The molecule has 4 heteroatoms. The fourth-order valence-electron chi connectivity index (χ4n) is 0. The zero-order valence-electron chi connectivity index (χ0n) is 4.55. The SMILES string of the molecule is CC(C)[N+]([NH3+])([O-])[O-]. The van der Waals surface area contributed by atoms with Gasteiger partial charge in [0.2, 0.25) is 0 Å². The first kappa shape index (κ1) is 6.84. The topological polar surface area (TPSA) is 73.8 Å². The predicted octanol–water partition coefficient (Wildman–Crippen LogP) is -0.636. The van der Waals surface area contributed by atoms with Gasteiger partial charge in [0.1, 0.15) is 6.04 Å². The lowest BCUT2D eigenvalue weighted by molar-refractivity contribution is -1.26. The first-order valence-electron chi connectivity index (χ1n) is 2.09. The zero-order valence-corrected chi connectivity index (χ0v) is 4.55. The molecule has 4 nitrogen and oxygen atoms in total. The third kappa shape index (κ3) is 2.52. The summed E-state index contributed by atoms with van der Waals surface area (Å²) in [6.07, 6.45) is 0. The van der Waals surface area contributed by atoms with E-state index in [4.69, 9.17) is 0 Å². The van der Waals surface area contributed by atoms with Gasteiger partial charge in [0, 0.05) is 0 Å². The third-order valence-electron chi connectivity index (χ3n) is 0.787. The van der Waals surface area contributed by atoms with Crippen molar-refractivity contribution in [2.75, 3.05) is 0 Å². The molecule has 0 aliphatic rings. The molecule has 0 aromatic carbocycles. The number of nitrogens with zero attached hydrogens (tertiary/aromatic N) is 1. The van der Waals surface area contributed by atoms with Crippen molar-refractivity contribution in [2.24, 2.45) is 0 Å². The summed E-state index contributed by atoms with van der Waals surface area (Å²) in [5.74, 6) is 2.80. The van der Waals surface area contributed by atoms with E-state index in [1.165, 1.54) is 13.8 Å². The molecule has 44 valence electrons. The highest BCUT2D eigenvalue weighted by Gasteiger charge is 2.04. The average molecular weight is 106 g/mol. The summed E-state index contributed by atoms with van der Waals surface area (Å²) in [4.78, 5) is -1.69. The third-order valence-corrected chi connectivity index (χ3v) is 0.787. The maximum Gasteiger partial charge on any atom is 0.127 e. The Labute approximate surface area is 42.2 Å². The molecule has 3 N–H and O–H groups in total. The summed E-state index contributed by atoms with van der Waals surface area (Å²) >= 11 is 0. The van der Waals surface area contributed by atoms with Crippen molar-refractivity contribution in [3.8, 4) is 0 Å². The number of hydrogen-bond donors (Lipinski definition) is 1. The first-order chi connectivity index (χ1) is 2.94. The minimum Gasteiger partial charge on any atom is -0.581 e. The Morgan fingerprint density at radius 1 is 1.43 bits per heavy atom. The van der Waals surface area contributed by atoms with Crippen LogP contribution in [0.5, 0.6) is 0 Å². The standard InChI is InChI=1S/C3H10N2O2/c1-3(2)5(4,6)7/h3H,1-2,4H3. The van der Waals surface area contributed by atoms with E-state index >= 15 is 0 Å². The van der Waals surface area contributed by atoms with Gasteiger partial charge in [-0.2, -0.15) is 0 Å². The van der Waals surface area contributed by atoms with E-state index in [1.807, 2.05) is 0 Å². The molecule has 7 heavy (non-hydrogen) atoms. The van der Waals surface area contributed by atoms with Gasteiger partial charge in [-0.15, -0.1) is 0 Å². The lowest BCUT2D eigenvalue weighted by atomic mass is 10.4. The molecule has 0 aromatic rings. The number of hydroxylamine groups is 2. The van der Waals surface area contributed by atoms with Crippen molar-refractivity contribution in [3.05, 3.63) is 10.4 Å². The zero-order chi connectivity index (χ0) is 6.08. The molecule has 0 bridgehead atoms. The second kappa shape index (κ2) is 1.75. The van der Waals surface area contributed by atoms with Gasteiger partial charge in [-0.1, -0.05) is 0 Å². The first-order valence-corrected chi connectivity index (χ1v) is 2.09. The Hall–Kier alpha value is -0.160. The van der Waals surface area contributed by atoms with Gasteiger partial charge in [-0.3, -0.25) is 0 Å². The van der Waals surface area contributed by atoms with Crippen molar-refractivity contribution in [2.45, 2.75) is 19.9 Å². The molecule has 0 aliphatic heterocycles. The highest BCUT2D eigenvalue weighted by molar-refractivity contribution is 4.36. The molecule has 0 amide bonds. The summed E-state index contributed by atoms with van der Waals surface area (Å²) < 4.78 is 0. The number of quaternary nitrogens is 2. The summed E-state index contributed by atoms with van der Waals surface area (Å²) in [6.45, 7) is 3.07. The highest BCUT2D eigenvalue weighted by Crippen LogP contribution is 1.94. The molecule has 0 spiro atoms. The van der Waals surface area contributed by atoms with Crippen LogP contribution in [0.3, 0.4) is 0 Å². The Morgan fingerprint density at radius 3 is 1.57 bits per heavy atom. The molecule has 0 unspecified atom stereocenters. The average Bonchev–Trinajstić information content (AvgIpc) is 1.31. The van der Waals surface area contributed by atoms with Crippen molar-refractivity contribution in [3.63, 3.8) is 0 Å². The molecule has 0 saturated heterocycles. The molecule has 0 fully saturated rings. The normalized spacial score (nSPS) is 12.9. The molecule has 0 saturated carbocycles. The highest BCUT2D eigenvalue weighted by atomic mass is 16.9. The van der Waals surface area contributed by atoms with E-state index < -0.39 is 11.0 Å². The van der Waals surface area contributed by atoms with Gasteiger partial charge in [-0.25, -0.2) is 10.8 Å². The van der Waals surface area contributed by atoms with Crippen LogP contribution in [0, 0.1) is 10.4 Å². The van der Waals surface area contributed by atoms with E-state index in [-0.39, 0.29) is 0 Å². The molecule has 0 aromatic heterocycles. The van der Waals surface area contributed by atoms with Crippen molar-refractivity contribution >= 4 is 0 Å². The maximum absolute atomic E-state index is 10.1. The van der Waals surface area contributed by atoms with Crippen LogP contribution < -0.4 is 5.84 Å². The van der Waals surface area contributed by atoms with E-state index in [0.29, 0.717) is 0 Å². The molecule has 0 heterocycles.